The van der Waals surface area contributed by atoms with Crippen LogP contribution in [0.25, 0.3) is 10.2 Å². The van der Waals surface area contributed by atoms with E-state index in [9.17, 15) is 4.79 Å². The second-order valence-electron chi connectivity index (χ2n) is 6.15. The summed E-state index contributed by atoms with van der Waals surface area (Å²) in [6, 6.07) is 11.7. The first-order valence-electron chi connectivity index (χ1n) is 8.37. The average Bonchev–Trinajstić information content (AvgIpc) is 3.11. The zero-order valence-electron chi connectivity index (χ0n) is 14.0. The molecule has 2 aromatic heterocycles. The molecule has 0 radical (unpaired) electrons. The third kappa shape index (κ3) is 3.15. The summed E-state index contributed by atoms with van der Waals surface area (Å²) in [7, 11) is 0. The Bertz CT molecular complexity index is 848. The van der Waals surface area contributed by atoms with Crippen LogP contribution in [0, 0.1) is 0 Å². The molecule has 0 saturated carbocycles. The van der Waals surface area contributed by atoms with E-state index >= 15 is 0 Å². The Labute approximate surface area is 150 Å². The molecule has 0 spiro atoms. The summed E-state index contributed by atoms with van der Waals surface area (Å²) < 4.78 is 6.79. The number of rotatable bonds is 3. The highest BCUT2D eigenvalue weighted by Crippen LogP contribution is 2.33. The molecule has 1 aliphatic rings. The molecule has 4 rings (SSSR count). The van der Waals surface area contributed by atoms with Crippen molar-refractivity contribution in [2.45, 2.75) is 18.9 Å². The number of para-hydroxylation sites is 1. The Morgan fingerprint density at radius 3 is 3.00 bits per heavy atom. The van der Waals surface area contributed by atoms with Crippen LogP contribution in [0.15, 0.2) is 48.8 Å². The van der Waals surface area contributed by atoms with Crippen LogP contribution in [0.4, 0.5) is 0 Å². The minimum Gasteiger partial charge on any atom is -0.377 e. The Morgan fingerprint density at radius 1 is 1.32 bits per heavy atom. The summed E-state index contributed by atoms with van der Waals surface area (Å²) >= 11 is 1.64. The fourth-order valence-corrected chi connectivity index (χ4v) is 4.19. The van der Waals surface area contributed by atoms with E-state index in [1.54, 1.807) is 23.7 Å². The van der Waals surface area contributed by atoms with Gasteiger partial charge in [-0.3, -0.25) is 9.78 Å². The number of thiazole rings is 1. The molecule has 128 valence electrons. The molecular weight excluding hydrogens is 334 g/mol. The van der Waals surface area contributed by atoms with Crippen molar-refractivity contribution in [2.24, 2.45) is 0 Å². The van der Waals surface area contributed by atoms with E-state index in [-0.39, 0.29) is 17.9 Å². The molecule has 0 N–H and O–H groups in total. The van der Waals surface area contributed by atoms with Crippen molar-refractivity contribution in [3.8, 4) is 0 Å². The number of carbonyl (C=O) groups is 1. The minimum atomic E-state index is -0.233. The number of carbonyl (C=O) groups excluding carboxylic acids is 1. The van der Waals surface area contributed by atoms with Gasteiger partial charge in [-0.2, -0.15) is 0 Å². The number of amides is 1. The van der Waals surface area contributed by atoms with Gasteiger partial charge in [0.1, 0.15) is 11.0 Å². The lowest BCUT2D eigenvalue weighted by atomic mass is 10.0. The Hall–Kier alpha value is -2.31. The molecule has 6 heteroatoms. The molecule has 0 aliphatic carbocycles. The van der Waals surface area contributed by atoms with Gasteiger partial charge in [-0.25, -0.2) is 4.98 Å². The summed E-state index contributed by atoms with van der Waals surface area (Å²) in [5.41, 5.74) is 1.91. The van der Waals surface area contributed by atoms with Gasteiger partial charge in [-0.05, 0) is 30.7 Å². The zero-order chi connectivity index (χ0) is 17.2. The smallest absolute Gasteiger partial charge is 0.230 e. The summed E-state index contributed by atoms with van der Waals surface area (Å²) in [6.07, 6.45) is 3.48. The number of ether oxygens (including phenoxy) is 1. The summed E-state index contributed by atoms with van der Waals surface area (Å²) in [5, 5.41) is 0.938. The van der Waals surface area contributed by atoms with E-state index in [0.717, 1.165) is 20.8 Å². The number of hydrogen-bond donors (Lipinski definition) is 0. The van der Waals surface area contributed by atoms with E-state index in [1.165, 1.54) is 0 Å². The standard InChI is InChI=1S/C19H19N3O2S/c1-13(14-5-4-8-20-11-14)19(23)22-9-10-24-12-16(22)18-21-15-6-2-3-7-17(15)25-18/h2-8,11,13,16H,9-10,12H2,1H3. The van der Waals surface area contributed by atoms with Gasteiger partial charge < -0.3 is 9.64 Å². The van der Waals surface area contributed by atoms with Crippen molar-refractivity contribution in [2.75, 3.05) is 19.8 Å². The lowest BCUT2D eigenvalue weighted by molar-refractivity contribution is -0.141. The van der Waals surface area contributed by atoms with Crippen molar-refractivity contribution in [3.63, 3.8) is 0 Å². The third-order valence-electron chi connectivity index (χ3n) is 4.56. The SMILES string of the molecule is CC(C(=O)N1CCOCC1c1nc2ccccc2s1)c1cccnc1. The van der Waals surface area contributed by atoms with Crippen LogP contribution >= 0.6 is 11.3 Å². The molecule has 0 bridgehead atoms. The number of nitrogens with zero attached hydrogens (tertiary/aromatic N) is 3. The highest BCUT2D eigenvalue weighted by atomic mass is 32.1. The van der Waals surface area contributed by atoms with E-state index < -0.39 is 0 Å². The normalized spacial score (nSPS) is 19.1. The van der Waals surface area contributed by atoms with Crippen LogP contribution in [-0.4, -0.2) is 40.5 Å². The number of fused-ring (bicyclic) bond motifs is 1. The van der Waals surface area contributed by atoms with Crippen LogP contribution in [0.3, 0.4) is 0 Å². The second-order valence-corrected chi connectivity index (χ2v) is 7.21. The lowest BCUT2D eigenvalue weighted by Crippen LogP contribution is -2.45. The first-order chi connectivity index (χ1) is 12.2. The molecule has 1 fully saturated rings. The monoisotopic (exact) mass is 353 g/mol. The molecule has 1 aromatic carbocycles. The van der Waals surface area contributed by atoms with E-state index in [4.69, 9.17) is 9.72 Å². The molecule has 1 aliphatic heterocycles. The summed E-state index contributed by atoms with van der Waals surface area (Å²) in [5.74, 6) is -0.135. The van der Waals surface area contributed by atoms with Gasteiger partial charge in [-0.15, -0.1) is 11.3 Å². The first-order valence-corrected chi connectivity index (χ1v) is 9.19. The predicted molar refractivity (Wildman–Crippen MR) is 97.5 cm³/mol. The maximum Gasteiger partial charge on any atom is 0.230 e. The van der Waals surface area contributed by atoms with Gasteiger partial charge in [0.25, 0.3) is 0 Å². The number of pyridine rings is 1. The largest absolute Gasteiger partial charge is 0.377 e. The molecule has 3 aromatic rings. The zero-order valence-corrected chi connectivity index (χ0v) is 14.8. The maximum atomic E-state index is 13.1. The quantitative estimate of drug-likeness (QED) is 0.724. The fraction of sp³-hybridized carbons (Fsp3) is 0.316. The molecule has 1 amide bonds. The molecule has 5 nitrogen and oxygen atoms in total. The van der Waals surface area contributed by atoms with Crippen molar-refractivity contribution < 1.29 is 9.53 Å². The highest BCUT2D eigenvalue weighted by molar-refractivity contribution is 7.18. The first kappa shape index (κ1) is 16.2. The number of benzene rings is 1. The predicted octanol–water partition coefficient (Wildman–Crippen LogP) is 3.39. The Balaban J connectivity index is 1.63. The number of hydrogen-bond acceptors (Lipinski definition) is 5. The van der Waals surface area contributed by atoms with Crippen LogP contribution < -0.4 is 0 Å². The molecule has 25 heavy (non-hydrogen) atoms. The fourth-order valence-electron chi connectivity index (χ4n) is 3.13. The van der Waals surface area contributed by atoms with Crippen molar-refractivity contribution in [3.05, 3.63) is 59.4 Å². The number of morpholine rings is 1. The second kappa shape index (κ2) is 6.90. The maximum absolute atomic E-state index is 13.1. The van der Waals surface area contributed by atoms with Crippen LogP contribution in [0.1, 0.15) is 29.5 Å². The van der Waals surface area contributed by atoms with E-state index in [2.05, 4.69) is 11.1 Å². The molecule has 2 unspecified atom stereocenters. The molecule has 3 heterocycles. The van der Waals surface area contributed by atoms with E-state index in [0.29, 0.717) is 19.8 Å². The van der Waals surface area contributed by atoms with Crippen molar-refractivity contribution >= 4 is 27.5 Å². The van der Waals surface area contributed by atoms with Gasteiger partial charge in [-0.1, -0.05) is 18.2 Å². The minimum absolute atomic E-state index is 0.0977. The average molecular weight is 353 g/mol. The third-order valence-corrected chi connectivity index (χ3v) is 5.70. The van der Waals surface area contributed by atoms with Crippen LogP contribution in [0.5, 0.6) is 0 Å². The van der Waals surface area contributed by atoms with E-state index in [1.807, 2.05) is 42.2 Å². The van der Waals surface area contributed by atoms with Crippen LogP contribution in [0.2, 0.25) is 0 Å². The van der Waals surface area contributed by atoms with Crippen LogP contribution in [-0.2, 0) is 9.53 Å². The molecular formula is C19H19N3O2S. The van der Waals surface area contributed by atoms with Crippen molar-refractivity contribution in [1.29, 1.82) is 0 Å². The van der Waals surface area contributed by atoms with Gasteiger partial charge in [0.2, 0.25) is 5.91 Å². The molecule has 2 atom stereocenters. The number of aromatic nitrogens is 2. The summed E-state index contributed by atoms with van der Waals surface area (Å²) in [6.45, 7) is 3.58. The summed E-state index contributed by atoms with van der Waals surface area (Å²) in [4.78, 5) is 23.9. The highest BCUT2D eigenvalue weighted by Gasteiger charge is 2.33. The van der Waals surface area contributed by atoms with Crippen molar-refractivity contribution in [1.82, 2.24) is 14.9 Å². The van der Waals surface area contributed by atoms with Gasteiger partial charge in [0.05, 0.1) is 29.3 Å². The Kier molecular flexibility index (Phi) is 4.46. The van der Waals surface area contributed by atoms with Gasteiger partial charge >= 0.3 is 0 Å². The molecule has 1 saturated heterocycles. The topological polar surface area (TPSA) is 55.3 Å². The Morgan fingerprint density at radius 2 is 2.20 bits per heavy atom. The van der Waals surface area contributed by atoms with Gasteiger partial charge in [0, 0.05) is 18.9 Å². The lowest BCUT2D eigenvalue weighted by Gasteiger charge is -2.36. The van der Waals surface area contributed by atoms with Gasteiger partial charge in [0.15, 0.2) is 0 Å².